The molecule has 0 aliphatic carbocycles. The highest BCUT2D eigenvalue weighted by molar-refractivity contribution is 5.71. The molecule has 0 aromatic heterocycles. The summed E-state index contributed by atoms with van der Waals surface area (Å²) in [6.07, 6.45) is 89.7. The van der Waals surface area contributed by atoms with Crippen LogP contribution in [-0.4, -0.2) is 37.2 Å². The zero-order valence-corrected chi connectivity index (χ0v) is 54.3. The van der Waals surface area contributed by atoms with E-state index in [1.54, 1.807) is 0 Å². The molecule has 0 radical (unpaired) electrons. The second-order valence-corrected chi connectivity index (χ2v) is 24.1. The van der Waals surface area contributed by atoms with Gasteiger partial charge in [-0.1, -0.05) is 313 Å². The Balaban J connectivity index is 4.25. The lowest BCUT2D eigenvalue weighted by molar-refractivity contribution is -0.167. The fraction of sp³-hybridized carbons (Fsp3) is 0.827. The van der Waals surface area contributed by atoms with Crippen LogP contribution in [0.15, 0.2) is 60.8 Å². The fourth-order valence-electron chi connectivity index (χ4n) is 10.6. The van der Waals surface area contributed by atoms with E-state index in [1.165, 1.54) is 250 Å². The highest BCUT2D eigenvalue weighted by Gasteiger charge is 2.19. The van der Waals surface area contributed by atoms with Crippen LogP contribution in [-0.2, 0) is 28.6 Å². The summed E-state index contributed by atoms with van der Waals surface area (Å²) in [7, 11) is 0. The average Bonchev–Trinajstić information content (AvgIpc) is 3.47. The van der Waals surface area contributed by atoms with Gasteiger partial charge in [-0.15, -0.1) is 0 Å². The van der Waals surface area contributed by atoms with Crippen LogP contribution < -0.4 is 0 Å². The minimum absolute atomic E-state index is 0.0790. The number of esters is 3. The normalized spacial score (nSPS) is 12.4. The van der Waals surface area contributed by atoms with Crippen molar-refractivity contribution in [3.8, 4) is 0 Å². The van der Waals surface area contributed by atoms with E-state index in [4.69, 9.17) is 14.2 Å². The Kier molecular flexibility index (Phi) is 67.1. The van der Waals surface area contributed by atoms with Crippen molar-refractivity contribution < 1.29 is 28.6 Å². The monoisotopic (exact) mass is 1130 g/mol. The fourth-order valence-corrected chi connectivity index (χ4v) is 10.6. The van der Waals surface area contributed by atoms with Crippen LogP contribution in [0.1, 0.15) is 380 Å². The van der Waals surface area contributed by atoms with Gasteiger partial charge in [-0.05, 0) is 109 Å². The molecule has 0 bridgehead atoms. The topological polar surface area (TPSA) is 78.9 Å². The molecule has 1 unspecified atom stereocenters. The molecule has 0 spiro atoms. The van der Waals surface area contributed by atoms with Gasteiger partial charge >= 0.3 is 17.9 Å². The second-order valence-electron chi connectivity index (χ2n) is 24.1. The molecule has 0 aliphatic rings. The SMILES string of the molecule is CCCCCC/C=C\C/C=C\CCCCCCCCCC(=O)OC(COC(=O)CCCCCCC/C=C\C/C=C\CCCCCC)COC(=O)CCCCCCCCCCCCCCCCCCC/C=C\CCCCCCCCCC. The van der Waals surface area contributed by atoms with Crippen molar-refractivity contribution in [3.05, 3.63) is 60.8 Å². The average molecular weight is 1130 g/mol. The van der Waals surface area contributed by atoms with Gasteiger partial charge in [0.05, 0.1) is 0 Å². The number of hydrogen-bond acceptors (Lipinski definition) is 6. The van der Waals surface area contributed by atoms with E-state index < -0.39 is 6.10 Å². The van der Waals surface area contributed by atoms with Gasteiger partial charge in [-0.25, -0.2) is 0 Å². The molecular formula is C75H136O6. The minimum atomic E-state index is -0.785. The number of carbonyl (C=O) groups excluding carboxylic acids is 3. The van der Waals surface area contributed by atoms with E-state index >= 15 is 0 Å². The second kappa shape index (κ2) is 69.6. The maximum absolute atomic E-state index is 12.9. The lowest BCUT2D eigenvalue weighted by Crippen LogP contribution is -2.30. The third-order valence-electron chi connectivity index (χ3n) is 16.0. The maximum Gasteiger partial charge on any atom is 0.306 e. The zero-order valence-electron chi connectivity index (χ0n) is 54.3. The Labute approximate surface area is 504 Å². The van der Waals surface area contributed by atoms with Crippen LogP contribution in [0.4, 0.5) is 0 Å². The summed E-state index contributed by atoms with van der Waals surface area (Å²) in [6, 6.07) is 0. The standard InChI is InChI=1S/C75H136O6/c1-4-7-10-13-16-19-22-25-28-31-33-34-35-36-37-38-39-40-41-42-43-45-47-50-53-56-59-62-65-68-74(77)80-71-72(70-79-73(76)67-64-61-58-55-52-49-46-30-27-24-21-18-15-12-9-6-3)81-75(78)69-66-63-60-57-54-51-48-44-32-29-26-23-20-17-14-11-8-5-2/h20-21,23-24,29-33,46,72H,4-19,22,25-28,34-45,47-71H2,1-3H3/b23-20-,24-21-,32-29-,33-31-,46-30-. The van der Waals surface area contributed by atoms with Crippen molar-refractivity contribution in [3.63, 3.8) is 0 Å². The molecule has 81 heavy (non-hydrogen) atoms. The summed E-state index contributed by atoms with van der Waals surface area (Å²) in [4.78, 5) is 38.4. The first-order valence-electron chi connectivity index (χ1n) is 35.8. The van der Waals surface area contributed by atoms with Crippen LogP contribution in [0.5, 0.6) is 0 Å². The predicted octanol–water partition coefficient (Wildman–Crippen LogP) is 24.7. The van der Waals surface area contributed by atoms with Gasteiger partial charge in [0.2, 0.25) is 0 Å². The summed E-state index contributed by atoms with van der Waals surface area (Å²) in [6.45, 7) is 6.65. The number of hydrogen-bond donors (Lipinski definition) is 0. The third-order valence-corrected chi connectivity index (χ3v) is 16.0. The van der Waals surface area contributed by atoms with Gasteiger partial charge in [-0.2, -0.15) is 0 Å². The summed E-state index contributed by atoms with van der Waals surface area (Å²) < 4.78 is 17.0. The Bertz CT molecular complexity index is 1440. The Hall–Kier alpha value is -2.89. The molecule has 0 saturated heterocycles. The highest BCUT2D eigenvalue weighted by atomic mass is 16.6. The van der Waals surface area contributed by atoms with Gasteiger partial charge in [0.1, 0.15) is 13.2 Å². The van der Waals surface area contributed by atoms with Crippen molar-refractivity contribution in [2.24, 2.45) is 0 Å². The van der Waals surface area contributed by atoms with Crippen LogP contribution >= 0.6 is 0 Å². The van der Waals surface area contributed by atoms with Crippen LogP contribution in [0.25, 0.3) is 0 Å². The first-order chi connectivity index (χ1) is 40.0. The molecule has 0 aromatic rings. The van der Waals surface area contributed by atoms with Crippen LogP contribution in [0, 0.1) is 0 Å². The van der Waals surface area contributed by atoms with Gasteiger partial charge < -0.3 is 14.2 Å². The molecule has 0 heterocycles. The van der Waals surface area contributed by atoms with Gasteiger partial charge in [0, 0.05) is 19.3 Å². The molecule has 6 nitrogen and oxygen atoms in total. The molecule has 0 N–H and O–H groups in total. The summed E-state index contributed by atoms with van der Waals surface area (Å²) in [5.41, 5.74) is 0. The number of unbranched alkanes of at least 4 members (excludes halogenated alkanes) is 45. The third kappa shape index (κ3) is 67.8. The molecule has 0 aromatic carbocycles. The van der Waals surface area contributed by atoms with Gasteiger partial charge in [-0.3, -0.25) is 14.4 Å². The smallest absolute Gasteiger partial charge is 0.306 e. The van der Waals surface area contributed by atoms with E-state index in [1.807, 2.05) is 0 Å². The minimum Gasteiger partial charge on any atom is -0.462 e. The number of ether oxygens (including phenoxy) is 3. The van der Waals surface area contributed by atoms with Crippen molar-refractivity contribution in [2.75, 3.05) is 13.2 Å². The Morgan fingerprint density at radius 3 is 0.704 bits per heavy atom. The quantitative estimate of drug-likeness (QED) is 0.0261. The molecule has 0 amide bonds. The lowest BCUT2D eigenvalue weighted by Gasteiger charge is -2.18. The summed E-state index contributed by atoms with van der Waals surface area (Å²) >= 11 is 0. The number of allylic oxidation sites excluding steroid dienone is 10. The van der Waals surface area contributed by atoms with E-state index in [0.29, 0.717) is 19.3 Å². The molecule has 0 aliphatic heterocycles. The zero-order chi connectivity index (χ0) is 58.5. The van der Waals surface area contributed by atoms with Crippen molar-refractivity contribution >= 4 is 17.9 Å². The number of carbonyl (C=O) groups is 3. The van der Waals surface area contributed by atoms with E-state index in [2.05, 4.69) is 81.5 Å². The summed E-state index contributed by atoms with van der Waals surface area (Å²) in [5.74, 6) is -0.879. The Morgan fingerprint density at radius 2 is 0.444 bits per heavy atom. The largest absolute Gasteiger partial charge is 0.462 e. The van der Waals surface area contributed by atoms with Crippen molar-refractivity contribution in [1.82, 2.24) is 0 Å². The first kappa shape index (κ1) is 78.1. The van der Waals surface area contributed by atoms with Gasteiger partial charge in [0.25, 0.3) is 0 Å². The molecule has 1 atom stereocenters. The predicted molar refractivity (Wildman–Crippen MR) is 353 cm³/mol. The first-order valence-corrected chi connectivity index (χ1v) is 35.8. The van der Waals surface area contributed by atoms with Crippen LogP contribution in [0.3, 0.4) is 0 Å². The van der Waals surface area contributed by atoms with Gasteiger partial charge in [0.15, 0.2) is 6.10 Å². The van der Waals surface area contributed by atoms with Crippen molar-refractivity contribution in [2.45, 2.75) is 386 Å². The van der Waals surface area contributed by atoms with E-state index in [9.17, 15) is 14.4 Å². The van der Waals surface area contributed by atoms with E-state index in [0.717, 1.165) is 89.9 Å². The van der Waals surface area contributed by atoms with Crippen LogP contribution in [0.2, 0.25) is 0 Å². The molecule has 6 heteroatoms. The lowest BCUT2D eigenvalue weighted by atomic mass is 10.0. The molecule has 0 fully saturated rings. The van der Waals surface area contributed by atoms with E-state index in [-0.39, 0.29) is 31.1 Å². The molecular weight excluding hydrogens is 997 g/mol. The van der Waals surface area contributed by atoms with Crippen molar-refractivity contribution in [1.29, 1.82) is 0 Å². The molecule has 0 saturated carbocycles. The molecule has 0 rings (SSSR count). The Morgan fingerprint density at radius 1 is 0.247 bits per heavy atom. The summed E-state index contributed by atoms with van der Waals surface area (Å²) in [5, 5.41) is 0. The maximum atomic E-state index is 12.9. The number of rotatable bonds is 66. The highest BCUT2D eigenvalue weighted by Crippen LogP contribution is 2.18. The molecule has 472 valence electrons.